The summed E-state index contributed by atoms with van der Waals surface area (Å²) in [5.74, 6) is 9.39. The fraction of sp³-hybridized carbons (Fsp3) is 0.289. The van der Waals surface area contributed by atoms with Gasteiger partial charge in [0.15, 0.2) is 6.29 Å². The number of pyridine rings is 3. The zero-order valence-corrected chi connectivity index (χ0v) is 43.7. The third-order valence-corrected chi connectivity index (χ3v) is 13.1. The van der Waals surface area contributed by atoms with Crippen LogP contribution in [0.5, 0.6) is 11.5 Å². The first-order valence-electron chi connectivity index (χ1n) is 20.6. The molecule has 7 aromatic rings. The van der Waals surface area contributed by atoms with Crippen molar-refractivity contribution in [1.82, 2.24) is 44.7 Å². The van der Waals surface area contributed by atoms with Crippen LogP contribution in [0.1, 0.15) is 17.8 Å². The number of nitrogens with zero attached hydrogens (tertiary/aromatic N) is 10. The van der Waals surface area contributed by atoms with Crippen LogP contribution < -0.4 is 31.0 Å². The van der Waals surface area contributed by atoms with Gasteiger partial charge in [-0.3, -0.25) is 35.8 Å². The average molecular weight is 1190 g/mol. The van der Waals surface area contributed by atoms with Gasteiger partial charge in [-0.25, -0.2) is 15.0 Å². The van der Waals surface area contributed by atoms with Crippen molar-refractivity contribution in [3.8, 4) is 11.5 Å². The third kappa shape index (κ3) is 15.5. The number of hydrogen-bond donors (Lipinski definition) is 3. The Balaban J connectivity index is 0.000000218. The summed E-state index contributed by atoms with van der Waals surface area (Å²) in [6.07, 6.45) is 8.94. The van der Waals surface area contributed by atoms with Gasteiger partial charge in [0.1, 0.15) is 39.4 Å². The predicted molar refractivity (Wildman–Crippen MR) is 288 cm³/mol. The summed E-state index contributed by atoms with van der Waals surface area (Å²) >= 11 is 37.1. The third-order valence-electron chi connectivity index (χ3n) is 10.4. The molecule has 5 N–H and O–H groups in total. The molecule has 0 spiro atoms. The highest BCUT2D eigenvalue weighted by Gasteiger charge is 2.23. The molecule has 0 unspecified atom stereocenters. The molecule has 2 aliphatic rings. The second-order valence-corrected chi connectivity index (χ2v) is 17.7. The van der Waals surface area contributed by atoms with Crippen LogP contribution in [0.3, 0.4) is 0 Å². The number of methoxy groups -OCH3 is 2. The van der Waals surface area contributed by atoms with Gasteiger partial charge in [0.2, 0.25) is 11.8 Å². The number of carbonyl (C=O) groups is 3. The number of halogens is 7. The maximum atomic E-state index is 12.7. The van der Waals surface area contributed by atoms with Gasteiger partial charge < -0.3 is 29.1 Å². The van der Waals surface area contributed by atoms with E-state index in [2.05, 4.69) is 51.7 Å². The lowest BCUT2D eigenvalue weighted by Crippen LogP contribution is -2.49. The van der Waals surface area contributed by atoms with E-state index < -0.39 is 0 Å². The molecular weight excluding hydrogens is 1140 g/mol. The Labute approximate surface area is 448 Å². The number of ether oxygens (including phenoxy) is 2. The number of aromatic amines is 1. The molecule has 70 heavy (non-hydrogen) atoms. The number of aldehydes is 1. The SMILES string of the molecule is C.COc1cc(N2CCN(C(=O)CCl)CC2)ccc1Cl.COc1cc(N2CCN(C(=O)Cn3cc4c(Cl)nccc4n3)CC2)ccc1Cl.Clc1nccc2[nH]ncc12.NN.O=Cc1c(I)ccnc1Cl. The van der Waals surface area contributed by atoms with Gasteiger partial charge in [-0.2, -0.15) is 10.2 Å². The van der Waals surface area contributed by atoms with Gasteiger partial charge in [0.05, 0.1) is 57.8 Å². The topological polar surface area (TPSA) is 220 Å². The molecule has 18 nitrogen and oxygen atoms in total. The van der Waals surface area contributed by atoms with Crippen molar-refractivity contribution in [3.63, 3.8) is 0 Å². The minimum absolute atomic E-state index is 0. The molecule has 374 valence electrons. The monoisotopic (exact) mass is 1190 g/mol. The minimum Gasteiger partial charge on any atom is -0.495 e. The summed E-state index contributed by atoms with van der Waals surface area (Å²) in [5, 5.41) is 15.0. The molecule has 0 atom stereocenters. The zero-order valence-electron chi connectivity index (χ0n) is 37.0. The van der Waals surface area contributed by atoms with Crippen molar-refractivity contribution in [1.29, 1.82) is 0 Å². The number of hydrogen-bond acceptors (Lipinski definition) is 14. The van der Waals surface area contributed by atoms with Crippen LogP contribution in [0, 0.1) is 3.57 Å². The number of fused-ring (bicyclic) bond motifs is 2. The van der Waals surface area contributed by atoms with E-state index >= 15 is 0 Å². The lowest BCUT2D eigenvalue weighted by molar-refractivity contribution is -0.132. The van der Waals surface area contributed by atoms with Crippen LogP contribution in [-0.4, -0.2) is 135 Å². The highest BCUT2D eigenvalue weighted by molar-refractivity contribution is 14.1. The number of amides is 2. The Morgan fingerprint density at radius 1 is 0.714 bits per heavy atom. The number of nitrogens with two attached hydrogens (primary N) is 2. The Kier molecular flexibility index (Phi) is 23.7. The number of hydrazine groups is 1. The van der Waals surface area contributed by atoms with Gasteiger partial charge in [0, 0.05) is 104 Å². The number of carbonyl (C=O) groups excluding carboxylic acids is 3. The van der Waals surface area contributed by atoms with Crippen molar-refractivity contribution in [3.05, 3.63) is 120 Å². The highest BCUT2D eigenvalue weighted by atomic mass is 127. The molecule has 2 amide bonds. The van der Waals surface area contributed by atoms with Crippen LogP contribution in [0.4, 0.5) is 11.4 Å². The van der Waals surface area contributed by atoms with E-state index in [1.165, 1.54) is 0 Å². The first-order chi connectivity index (χ1) is 33.3. The van der Waals surface area contributed by atoms with E-state index in [0.717, 1.165) is 62.9 Å². The standard InChI is InChI=1S/C19H19Cl2N5O2.C13H16Cl2N2O2.C6H3ClINO.C6H4ClN3.CH4.H4N2/c1-28-17-10-13(2-3-15(17)20)24-6-8-25(9-7-24)18(27)12-26-11-14-16(23-26)4-5-22-19(14)21;1-19-12-8-10(2-3-11(12)15)16-4-6-17(7-5-16)13(18)9-14;7-6-4(3-10)5(8)1-2-9-6;7-6-4-3-9-10-5(4)1-2-8-6;;1-2/h2-5,10-11H,6-9,12H2,1H3;2-3,8H,4-7,9H2,1H3;1-3H;1-3H,(H,9,10);1H4;1-2H2. The van der Waals surface area contributed by atoms with Crippen LogP contribution in [0.25, 0.3) is 21.8 Å². The van der Waals surface area contributed by atoms with Crippen LogP contribution in [-0.2, 0) is 16.1 Å². The molecule has 0 saturated carbocycles. The number of benzene rings is 2. The van der Waals surface area contributed by atoms with Crippen LogP contribution in [0.2, 0.25) is 25.5 Å². The van der Waals surface area contributed by atoms with E-state index in [1.54, 1.807) is 66.9 Å². The number of alkyl halides is 1. The molecule has 2 fully saturated rings. The lowest BCUT2D eigenvalue weighted by atomic mass is 10.2. The summed E-state index contributed by atoms with van der Waals surface area (Å²) in [4.78, 5) is 54.2. The molecule has 7 heterocycles. The van der Waals surface area contributed by atoms with E-state index in [0.29, 0.717) is 69.9 Å². The van der Waals surface area contributed by atoms with E-state index in [-0.39, 0.29) is 36.8 Å². The Bertz CT molecular complexity index is 2790. The van der Waals surface area contributed by atoms with E-state index in [1.807, 2.05) is 70.0 Å². The smallest absolute Gasteiger partial charge is 0.244 e. The van der Waals surface area contributed by atoms with Gasteiger partial charge in [-0.1, -0.05) is 65.4 Å². The van der Waals surface area contributed by atoms with Crippen molar-refractivity contribution in [2.75, 3.05) is 82.3 Å². The fourth-order valence-corrected chi connectivity index (χ4v) is 8.72. The average Bonchev–Trinajstić information content (AvgIpc) is 4.04. The summed E-state index contributed by atoms with van der Waals surface area (Å²) in [5.41, 5.74) is 4.20. The molecule has 9 rings (SSSR count). The van der Waals surface area contributed by atoms with Gasteiger partial charge in [0.25, 0.3) is 0 Å². The first kappa shape index (κ1) is 57.6. The maximum Gasteiger partial charge on any atom is 0.244 e. The Hall–Kier alpha value is -4.97. The molecule has 5 aromatic heterocycles. The molecular formula is C45H50Cl6IN13O5. The number of anilines is 2. The summed E-state index contributed by atoms with van der Waals surface area (Å²) in [6, 6.07) is 16.8. The summed E-state index contributed by atoms with van der Waals surface area (Å²) in [7, 11) is 3.20. The second kappa shape index (κ2) is 28.8. The van der Waals surface area contributed by atoms with Crippen molar-refractivity contribution in [2.45, 2.75) is 14.0 Å². The largest absolute Gasteiger partial charge is 0.495 e. The quantitative estimate of drug-likeness (QED) is 0.0324. The maximum absolute atomic E-state index is 12.7. The zero-order chi connectivity index (χ0) is 50.0. The fourth-order valence-electron chi connectivity index (χ4n) is 6.85. The number of H-pyrrole nitrogens is 1. The van der Waals surface area contributed by atoms with E-state index in [4.69, 9.17) is 79.1 Å². The molecule has 0 radical (unpaired) electrons. The summed E-state index contributed by atoms with van der Waals surface area (Å²) in [6.45, 7) is 5.91. The van der Waals surface area contributed by atoms with Crippen molar-refractivity contribution in [2.24, 2.45) is 11.7 Å². The molecule has 0 aliphatic carbocycles. The van der Waals surface area contributed by atoms with Gasteiger partial charge in [-0.15, -0.1) is 11.6 Å². The first-order valence-corrected chi connectivity index (χ1v) is 24.1. The Morgan fingerprint density at radius 3 is 1.69 bits per heavy atom. The Morgan fingerprint density at radius 2 is 1.21 bits per heavy atom. The van der Waals surface area contributed by atoms with Crippen molar-refractivity contribution >= 4 is 143 Å². The number of nitrogens with one attached hydrogen (secondary N) is 1. The van der Waals surface area contributed by atoms with Gasteiger partial charge in [-0.05, 0) is 65.1 Å². The number of rotatable bonds is 8. The van der Waals surface area contributed by atoms with E-state index in [9.17, 15) is 14.4 Å². The van der Waals surface area contributed by atoms with Crippen LogP contribution >= 0.6 is 92.2 Å². The molecule has 0 bridgehead atoms. The molecule has 2 saturated heterocycles. The molecule has 2 aromatic carbocycles. The summed E-state index contributed by atoms with van der Waals surface area (Å²) < 4.78 is 12.9. The minimum atomic E-state index is -0.00463. The predicted octanol–water partition coefficient (Wildman–Crippen LogP) is 8.55. The van der Waals surface area contributed by atoms with Crippen molar-refractivity contribution < 1.29 is 23.9 Å². The highest BCUT2D eigenvalue weighted by Crippen LogP contribution is 2.31. The normalized spacial score (nSPS) is 13.0. The molecule has 25 heteroatoms. The van der Waals surface area contributed by atoms with Gasteiger partial charge >= 0.3 is 0 Å². The molecule has 2 aliphatic heterocycles. The van der Waals surface area contributed by atoms with Crippen LogP contribution in [0.15, 0.2) is 85.6 Å². The number of aromatic nitrogens is 7. The lowest BCUT2D eigenvalue weighted by Gasteiger charge is -2.36. The second-order valence-electron chi connectivity index (χ2n) is 14.4. The number of piperazine rings is 2.